The van der Waals surface area contributed by atoms with Crippen molar-refractivity contribution in [3.8, 4) is 0 Å². The molecule has 3 N–H and O–H groups in total. The first-order chi connectivity index (χ1) is 9.40. The molecule has 2 nitrogen and oxygen atoms in total. The second kappa shape index (κ2) is 5.58. The van der Waals surface area contributed by atoms with Gasteiger partial charge in [-0.3, -0.25) is 0 Å². The summed E-state index contributed by atoms with van der Waals surface area (Å²) in [6, 6.07) is 14.7. The van der Waals surface area contributed by atoms with Crippen LogP contribution < -0.4 is 11.1 Å². The highest BCUT2D eigenvalue weighted by atomic mass is 14.9. The summed E-state index contributed by atoms with van der Waals surface area (Å²) in [4.78, 5) is 0. The Labute approximate surface area is 122 Å². The van der Waals surface area contributed by atoms with Crippen LogP contribution in [0.3, 0.4) is 0 Å². The minimum atomic E-state index is 0.0582. The molecule has 0 radical (unpaired) electrons. The number of anilines is 2. The zero-order chi connectivity index (χ0) is 14.8. The first-order valence-corrected chi connectivity index (χ1v) is 7.06. The summed E-state index contributed by atoms with van der Waals surface area (Å²) in [6.45, 7) is 9.58. The molecular weight excluding hydrogens is 244 g/mol. The van der Waals surface area contributed by atoms with Crippen molar-refractivity contribution in [3.63, 3.8) is 0 Å². The molecule has 2 rings (SSSR count). The van der Waals surface area contributed by atoms with Crippen LogP contribution in [-0.4, -0.2) is 6.54 Å². The molecule has 0 unspecified atom stereocenters. The van der Waals surface area contributed by atoms with Crippen LogP contribution in [0.2, 0.25) is 0 Å². The molecule has 2 aromatic carbocycles. The van der Waals surface area contributed by atoms with Gasteiger partial charge in [0.15, 0.2) is 0 Å². The zero-order valence-electron chi connectivity index (χ0n) is 12.8. The van der Waals surface area contributed by atoms with Crippen molar-refractivity contribution in [3.05, 3.63) is 59.2 Å². The summed E-state index contributed by atoms with van der Waals surface area (Å²) in [6.07, 6.45) is 0. The number of nitrogens with two attached hydrogens (primary N) is 1. The second-order valence-corrected chi connectivity index (χ2v) is 6.14. The maximum Gasteiger partial charge on any atom is 0.0574 e. The van der Waals surface area contributed by atoms with Gasteiger partial charge in [0.2, 0.25) is 0 Å². The van der Waals surface area contributed by atoms with E-state index in [1.807, 2.05) is 6.07 Å². The highest BCUT2D eigenvalue weighted by Crippen LogP contribution is 2.28. The summed E-state index contributed by atoms with van der Waals surface area (Å²) in [5, 5.41) is 3.48. The Balaban J connectivity index is 2.15. The van der Waals surface area contributed by atoms with Gasteiger partial charge in [0.25, 0.3) is 0 Å². The van der Waals surface area contributed by atoms with Gasteiger partial charge in [-0.15, -0.1) is 0 Å². The molecule has 20 heavy (non-hydrogen) atoms. The lowest BCUT2D eigenvalue weighted by Gasteiger charge is -2.28. The van der Waals surface area contributed by atoms with Gasteiger partial charge in [-0.2, -0.15) is 0 Å². The minimum absolute atomic E-state index is 0.0582. The van der Waals surface area contributed by atoms with Crippen molar-refractivity contribution in [1.29, 1.82) is 0 Å². The lowest BCUT2D eigenvalue weighted by atomic mass is 9.82. The van der Waals surface area contributed by atoms with Gasteiger partial charge >= 0.3 is 0 Å². The van der Waals surface area contributed by atoms with Crippen molar-refractivity contribution in [2.45, 2.75) is 33.1 Å². The van der Waals surface area contributed by atoms with E-state index in [2.05, 4.69) is 69.4 Å². The van der Waals surface area contributed by atoms with E-state index in [0.29, 0.717) is 0 Å². The Morgan fingerprint density at radius 3 is 2.40 bits per heavy atom. The average molecular weight is 268 g/mol. The number of rotatable bonds is 4. The number of nitrogen functional groups attached to an aromatic ring is 1. The molecule has 0 aliphatic rings. The Morgan fingerprint density at radius 1 is 1.05 bits per heavy atom. The lowest BCUT2D eigenvalue weighted by molar-refractivity contribution is 0.554. The van der Waals surface area contributed by atoms with Crippen molar-refractivity contribution < 1.29 is 0 Å². The standard InChI is InChI=1S/C18H24N2/c1-13-9-10-17(16(19)11-13)20-12-18(3,4)15-8-6-5-7-14(15)2/h5-11,20H,12,19H2,1-4H3. The third kappa shape index (κ3) is 3.13. The van der Waals surface area contributed by atoms with Crippen LogP contribution in [0.1, 0.15) is 30.5 Å². The van der Waals surface area contributed by atoms with Crippen LogP contribution in [0.15, 0.2) is 42.5 Å². The SMILES string of the molecule is Cc1ccc(NCC(C)(C)c2ccccc2C)c(N)c1. The average Bonchev–Trinajstić information content (AvgIpc) is 2.38. The van der Waals surface area contributed by atoms with Gasteiger partial charge in [-0.25, -0.2) is 0 Å². The van der Waals surface area contributed by atoms with Crippen molar-refractivity contribution >= 4 is 11.4 Å². The Kier molecular flexibility index (Phi) is 4.03. The first-order valence-electron chi connectivity index (χ1n) is 7.06. The maximum atomic E-state index is 6.06. The summed E-state index contributed by atoms with van der Waals surface area (Å²) < 4.78 is 0. The smallest absolute Gasteiger partial charge is 0.0574 e. The summed E-state index contributed by atoms with van der Waals surface area (Å²) >= 11 is 0. The van der Waals surface area contributed by atoms with Gasteiger partial charge < -0.3 is 11.1 Å². The lowest BCUT2D eigenvalue weighted by Crippen LogP contribution is -2.28. The van der Waals surface area contributed by atoms with Crippen LogP contribution in [0.5, 0.6) is 0 Å². The number of benzene rings is 2. The zero-order valence-corrected chi connectivity index (χ0v) is 12.8. The van der Waals surface area contributed by atoms with E-state index in [0.717, 1.165) is 17.9 Å². The topological polar surface area (TPSA) is 38.0 Å². The van der Waals surface area contributed by atoms with Crippen LogP contribution in [-0.2, 0) is 5.41 Å². The molecule has 0 bridgehead atoms. The summed E-state index contributed by atoms with van der Waals surface area (Å²) in [5.74, 6) is 0. The highest BCUT2D eigenvalue weighted by molar-refractivity contribution is 5.67. The van der Waals surface area contributed by atoms with Crippen LogP contribution in [0.25, 0.3) is 0 Å². The first kappa shape index (κ1) is 14.4. The molecule has 106 valence electrons. The second-order valence-electron chi connectivity index (χ2n) is 6.14. The third-order valence-electron chi connectivity index (χ3n) is 3.80. The predicted octanol–water partition coefficient (Wildman–Crippen LogP) is 4.28. The molecule has 2 aromatic rings. The third-order valence-corrected chi connectivity index (χ3v) is 3.80. The van der Waals surface area contributed by atoms with Gasteiger partial charge in [-0.1, -0.05) is 44.2 Å². The summed E-state index contributed by atoms with van der Waals surface area (Å²) in [7, 11) is 0. The van der Waals surface area contributed by atoms with E-state index in [9.17, 15) is 0 Å². The van der Waals surface area contributed by atoms with E-state index >= 15 is 0 Å². The van der Waals surface area contributed by atoms with Gasteiger partial charge in [-0.05, 0) is 42.7 Å². The van der Waals surface area contributed by atoms with E-state index in [4.69, 9.17) is 5.73 Å². The number of hydrogen-bond donors (Lipinski definition) is 2. The van der Waals surface area contributed by atoms with Crippen molar-refractivity contribution in [2.75, 3.05) is 17.6 Å². The highest BCUT2D eigenvalue weighted by Gasteiger charge is 2.22. The molecule has 0 heterocycles. The largest absolute Gasteiger partial charge is 0.397 e. The number of hydrogen-bond acceptors (Lipinski definition) is 2. The Hall–Kier alpha value is -1.96. The van der Waals surface area contributed by atoms with Gasteiger partial charge in [0.05, 0.1) is 11.4 Å². The van der Waals surface area contributed by atoms with E-state index in [-0.39, 0.29) is 5.41 Å². The van der Waals surface area contributed by atoms with Crippen molar-refractivity contribution in [2.24, 2.45) is 0 Å². The molecule has 0 aliphatic heterocycles. The van der Waals surface area contributed by atoms with E-state index in [1.165, 1.54) is 16.7 Å². The van der Waals surface area contributed by atoms with Crippen LogP contribution >= 0.6 is 0 Å². The van der Waals surface area contributed by atoms with Crippen LogP contribution in [0, 0.1) is 13.8 Å². The molecule has 0 saturated carbocycles. The fourth-order valence-electron chi connectivity index (χ4n) is 2.59. The predicted molar refractivity (Wildman–Crippen MR) is 88.3 cm³/mol. The van der Waals surface area contributed by atoms with Gasteiger partial charge in [0, 0.05) is 12.0 Å². The maximum absolute atomic E-state index is 6.06. The molecule has 2 heteroatoms. The molecular formula is C18H24N2. The monoisotopic (exact) mass is 268 g/mol. The van der Waals surface area contributed by atoms with E-state index in [1.54, 1.807) is 0 Å². The molecule has 0 aliphatic carbocycles. The fourth-order valence-corrected chi connectivity index (χ4v) is 2.59. The molecule has 0 fully saturated rings. The Bertz CT molecular complexity index is 600. The molecule has 0 aromatic heterocycles. The number of nitrogens with one attached hydrogen (secondary N) is 1. The normalized spacial score (nSPS) is 11.4. The van der Waals surface area contributed by atoms with Gasteiger partial charge in [0.1, 0.15) is 0 Å². The molecule has 0 saturated heterocycles. The minimum Gasteiger partial charge on any atom is -0.397 e. The molecule has 0 amide bonds. The van der Waals surface area contributed by atoms with Crippen molar-refractivity contribution in [1.82, 2.24) is 0 Å². The van der Waals surface area contributed by atoms with E-state index < -0.39 is 0 Å². The van der Waals surface area contributed by atoms with Crippen LogP contribution in [0.4, 0.5) is 11.4 Å². The summed E-state index contributed by atoms with van der Waals surface area (Å²) in [5.41, 5.74) is 11.8. The Morgan fingerprint density at radius 2 is 1.75 bits per heavy atom. The number of aryl methyl sites for hydroxylation is 2. The molecule has 0 spiro atoms. The fraction of sp³-hybridized carbons (Fsp3) is 0.333. The quantitative estimate of drug-likeness (QED) is 0.812. The molecule has 0 atom stereocenters.